The minimum Gasteiger partial charge on any atom is -0.465 e. The molecule has 35 heavy (non-hydrogen) atoms. The van der Waals surface area contributed by atoms with Gasteiger partial charge in [-0.15, -0.1) is 0 Å². The van der Waals surface area contributed by atoms with E-state index in [1.54, 1.807) is 0 Å². The monoisotopic (exact) mass is 502 g/mol. The molecule has 0 aromatic heterocycles. The molecule has 0 saturated carbocycles. The van der Waals surface area contributed by atoms with E-state index in [9.17, 15) is 4.79 Å². The molecule has 1 atom stereocenters. The van der Waals surface area contributed by atoms with Crippen molar-refractivity contribution in [1.29, 1.82) is 0 Å². The van der Waals surface area contributed by atoms with Gasteiger partial charge in [0, 0.05) is 13.2 Å². The molecule has 0 aliphatic carbocycles. The molecule has 0 spiro atoms. The van der Waals surface area contributed by atoms with E-state index in [2.05, 4.69) is 20.8 Å². The highest BCUT2D eigenvalue weighted by Crippen LogP contribution is 2.16. The third-order valence-corrected chi connectivity index (χ3v) is 6.10. The van der Waals surface area contributed by atoms with Crippen molar-refractivity contribution in [3.05, 3.63) is 0 Å². The summed E-state index contributed by atoms with van der Waals surface area (Å²) in [5.74, 6) is -0.104. The maximum absolute atomic E-state index is 12.5. The van der Waals surface area contributed by atoms with Crippen LogP contribution in [0.3, 0.4) is 0 Å². The normalized spacial score (nSPS) is 12.2. The van der Waals surface area contributed by atoms with Crippen LogP contribution in [0.15, 0.2) is 0 Å². The van der Waals surface area contributed by atoms with Crippen molar-refractivity contribution in [2.24, 2.45) is 5.92 Å². The van der Waals surface area contributed by atoms with Gasteiger partial charge in [-0.3, -0.25) is 4.79 Å². The van der Waals surface area contributed by atoms with Gasteiger partial charge in [-0.2, -0.15) is 0 Å². The molecule has 0 amide bonds. The number of ether oxygens (including phenoxy) is 5. The lowest BCUT2D eigenvalue weighted by atomic mass is 9.99. The molecule has 0 aliphatic rings. The summed E-state index contributed by atoms with van der Waals surface area (Å²) >= 11 is 0. The second-order valence-electron chi connectivity index (χ2n) is 9.43. The van der Waals surface area contributed by atoms with Crippen LogP contribution in [0.25, 0.3) is 0 Å². The average Bonchev–Trinajstić information content (AvgIpc) is 2.87. The van der Waals surface area contributed by atoms with Crippen molar-refractivity contribution in [2.75, 3.05) is 59.5 Å². The predicted octanol–water partition coefficient (Wildman–Crippen LogP) is 7.12. The van der Waals surface area contributed by atoms with E-state index in [4.69, 9.17) is 23.7 Å². The zero-order valence-corrected chi connectivity index (χ0v) is 23.5. The van der Waals surface area contributed by atoms with Crippen molar-refractivity contribution in [1.82, 2.24) is 0 Å². The SMILES string of the molecule is CCCCCCCCOC(=O)C(CCCC)CCOCCOCCOCCOCCCCCCC. The summed E-state index contributed by atoms with van der Waals surface area (Å²) in [7, 11) is 0. The molecule has 0 aliphatic heterocycles. The van der Waals surface area contributed by atoms with E-state index in [1.165, 1.54) is 51.4 Å². The second-order valence-corrected chi connectivity index (χ2v) is 9.43. The van der Waals surface area contributed by atoms with E-state index >= 15 is 0 Å². The molecule has 0 saturated heterocycles. The Hall–Kier alpha value is -0.690. The van der Waals surface area contributed by atoms with Crippen LogP contribution < -0.4 is 0 Å². The van der Waals surface area contributed by atoms with Crippen LogP contribution >= 0.6 is 0 Å². The molecule has 6 heteroatoms. The smallest absolute Gasteiger partial charge is 0.309 e. The maximum atomic E-state index is 12.5. The zero-order chi connectivity index (χ0) is 25.7. The lowest BCUT2D eigenvalue weighted by Crippen LogP contribution is -2.21. The van der Waals surface area contributed by atoms with Crippen molar-refractivity contribution in [2.45, 2.75) is 117 Å². The molecule has 1 unspecified atom stereocenters. The summed E-state index contributed by atoms with van der Waals surface area (Å²) in [6.45, 7) is 12.0. The summed E-state index contributed by atoms with van der Waals surface area (Å²) in [6.07, 6.45) is 17.2. The first kappa shape index (κ1) is 34.3. The third-order valence-electron chi connectivity index (χ3n) is 6.10. The Morgan fingerprint density at radius 3 is 1.43 bits per heavy atom. The Morgan fingerprint density at radius 2 is 0.886 bits per heavy atom. The molecule has 210 valence electrons. The largest absolute Gasteiger partial charge is 0.465 e. The van der Waals surface area contributed by atoms with Gasteiger partial charge < -0.3 is 23.7 Å². The Morgan fingerprint density at radius 1 is 0.457 bits per heavy atom. The minimum absolute atomic E-state index is 0.0514. The number of esters is 1. The Labute approximate surface area is 217 Å². The van der Waals surface area contributed by atoms with Crippen LogP contribution in [0.4, 0.5) is 0 Å². The fraction of sp³-hybridized carbons (Fsp3) is 0.966. The van der Waals surface area contributed by atoms with Crippen LogP contribution in [0.1, 0.15) is 117 Å². The van der Waals surface area contributed by atoms with Crippen LogP contribution in [0.2, 0.25) is 0 Å². The van der Waals surface area contributed by atoms with Crippen molar-refractivity contribution in [3.63, 3.8) is 0 Å². The number of carbonyl (C=O) groups is 1. The lowest BCUT2D eigenvalue weighted by Gasteiger charge is -2.16. The molecule has 0 fully saturated rings. The zero-order valence-electron chi connectivity index (χ0n) is 23.5. The first-order valence-corrected chi connectivity index (χ1v) is 14.7. The van der Waals surface area contributed by atoms with Gasteiger partial charge in [0.2, 0.25) is 0 Å². The Kier molecular flexibility index (Phi) is 29.0. The van der Waals surface area contributed by atoms with Crippen LogP contribution in [0, 0.1) is 5.92 Å². The number of hydrogen-bond donors (Lipinski definition) is 0. The number of rotatable bonds is 29. The van der Waals surface area contributed by atoms with Gasteiger partial charge in [-0.05, 0) is 25.7 Å². The van der Waals surface area contributed by atoms with Crippen molar-refractivity contribution in [3.8, 4) is 0 Å². The molecule has 6 nitrogen and oxygen atoms in total. The van der Waals surface area contributed by atoms with E-state index < -0.39 is 0 Å². The van der Waals surface area contributed by atoms with Gasteiger partial charge in [0.1, 0.15) is 0 Å². The first-order valence-electron chi connectivity index (χ1n) is 14.7. The molecular formula is C29H58O6. The number of hydrogen-bond acceptors (Lipinski definition) is 6. The molecule has 0 rings (SSSR count). The molecule has 0 radical (unpaired) electrons. The highest BCUT2D eigenvalue weighted by molar-refractivity contribution is 5.72. The van der Waals surface area contributed by atoms with E-state index in [1.807, 2.05) is 0 Å². The minimum atomic E-state index is -0.0529. The van der Waals surface area contributed by atoms with Crippen molar-refractivity contribution < 1.29 is 28.5 Å². The summed E-state index contributed by atoms with van der Waals surface area (Å²) < 4.78 is 27.9. The molecule has 0 aromatic carbocycles. The van der Waals surface area contributed by atoms with Gasteiger partial charge in [0.25, 0.3) is 0 Å². The number of carbonyl (C=O) groups excluding carboxylic acids is 1. The number of unbranched alkanes of at least 4 members (excludes halogenated alkanes) is 10. The van der Waals surface area contributed by atoms with Crippen LogP contribution in [-0.4, -0.2) is 65.4 Å². The standard InChI is InChI=1S/C29H58O6/c1-4-7-10-12-14-16-20-35-29(30)28(17-9-6-3)18-21-32-23-25-34-27-26-33-24-22-31-19-15-13-11-8-5-2/h28H,4-27H2,1-3H3. The summed E-state index contributed by atoms with van der Waals surface area (Å²) in [4.78, 5) is 12.5. The highest BCUT2D eigenvalue weighted by Gasteiger charge is 2.19. The van der Waals surface area contributed by atoms with Gasteiger partial charge >= 0.3 is 5.97 Å². The van der Waals surface area contributed by atoms with Crippen LogP contribution in [0.5, 0.6) is 0 Å². The first-order chi connectivity index (χ1) is 17.3. The lowest BCUT2D eigenvalue weighted by molar-refractivity contribution is -0.149. The molecular weight excluding hydrogens is 444 g/mol. The predicted molar refractivity (Wildman–Crippen MR) is 144 cm³/mol. The topological polar surface area (TPSA) is 63.2 Å². The second kappa shape index (κ2) is 29.5. The molecule has 0 heterocycles. The molecule has 0 aromatic rings. The average molecular weight is 503 g/mol. The van der Waals surface area contributed by atoms with Crippen molar-refractivity contribution >= 4 is 5.97 Å². The van der Waals surface area contributed by atoms with E-state index in [-0.39, 0.29) is 11.9 Å². The highest BCUT2D eigenvalue weighted by atomic mass is 16.6. The summed E-state index contributed by atoms with van der Waals surface area (Å²) in [5, 5.41) is 0. The van der Waals surface area contributed by atoms with Crippen LogP contribution in [-0.2, 0) is 28.5 Å². The fourth-order valence-corrected chi connectivity index (χ4v) is 3.80. The van der Waals surface area contributed by atoms with Gasteiger partial charge in [-0.25, -0.2) is 0 Å². The quantitative estimate of drug-likeness (QED) is 0.0801. The summed E-state index contributed by atoms with van der Waals surface area (Å²) in [6, 6.07) is 0. The maximum Gasteiger partial charge on any atom is 0.309 e. The molecule has 0 N–H and O–H groups in total. The van der Waals surface area contributed by atoms with E-state index in [0.717, 1.165) is 51.6 Å². The van der Waals surface area contributed by atoms with E-state index in [0.29, 0.717) is 52.9 Å². The van der Waals surface area contributed by atoms with Gasteiger partial charge in [-0.1, -0.05) is 91.4 Å². The molecule has 0 bridgehead atoms. The fourth-order valence-electron chi connectivity index (χ4n) is 3.80. The Balaban J connectivity index is 3.57. The summed E-state index contributed by atoms with van der Waals surface area (Å²) in [5.41, 5.74) is 0. The third kappa shape index (κ3) is 26.2. The Bertz CT molecular complexity index is 418. The van der Waals surface area contributed by atoms with Gasteiger partial charge in [0.15, 0.2) is 0 Å². The van der Waals surface area contributed by atoms with Gasteiger partial charge in [0.05, 0.1) is 52.2 Å².